The first-order chi connectivity index (χ1) is 31.5. The highest BCUT2D eigenvalue weighted by Crippen LogP contribution is 2.46. The Morgan fingerprint density at radius 3 is 2.01 bits per heavy atom. The minimum Gasteiger partial charge on any atom is -0.478 e. The van der Waals surface area contributed by atoms with Crippen LogP contribution in [0.5, 0.6) is 5.75 Å². The molecule has 0 aliphatic carbocycles. The van der Waals surface area contributed by atoms with Gasteiger partial charge >= 0.3 is 5.97 Å². The molecule has 0 bridgehead atoms. The van der Waals surface area contributed by atoms with Crippen LogP contribution in [0.15, 0.2) is 101 Å². The van der Waals surface area contributed by atoms with Crippen LogP contribution in [-0.4, -0.2) is 81.4 Å². The Hall–Kier alpha value is -5.54. The van der Waals surface area contributed by atoms with Crippen molar-refractivity contribution in [2.24, 2.45) is 0 Å². The molecule has 0 saturated carbocycles. The van der Waals surface area contributed by atoms with Gasteiger partial charge in [-0.3, -0.25) is 18.5 Å². The van der Waals surface area contributed by atoms with E-state index in [0.29, 0.717) is 39.3 Å². The molecule has 358 valence electrons. The summed E-state index contributed by atoms with van der Waals surface area (Å²) >= 11 is 0. The van der Waals surface area contributed by atoms with Crippen molar-refractivity contribution in [3.05, 3.63) is 141 Å². The maximum absolute atomic E-state index is 13.2. The number of fused-ring (bicyclic) bond motifs is 4. The molecule has 0 amide bonds. The third-order valence-corrected chi connectivity index (χ3v) is 20.3. The van der Waals surface area contributed by atoms with Gasteiger partial charge in [0.1, 0.15) is 18.7 Å². The first kappa shape index (κ1) is 48.9. The molecule has 5 aromatic carbocycles. The summed E-state index contributed by atoms with van der Waals surface area (Å²) in [6.45, 7) is 14.6. The molecule has 0 saturated heterocycles. The van der Waals surface area contributed by atoms with Gasteiger partial charge in [-0.2, -0.15) is 25.3 Å². The Morgan fingerprint density at radius 1 is 0.794 bits per heavy atom. The average Bonchev–Trinajstić information content (AvgIpc) is 3.22. The van der Waals surface area contributed by atoms with Crippen molar-refractivity contribution in [2.45, 2.75) is 106 Å². The van der Waals surface area contributed by atoms with Crippen LogP contribution >= 0.6 is 0 Å². The molecule has 15 nitrogen and oxygen atoms in total. The van der Waals surface area contributed by atoms with E-state index in [1.165, 1.54) is 36.4 Å². The number of ether oxygens (including phenoxy) is 1. The highest BCUT2D eigenvalue weighted by molar-refractivity contribution is 7.86. The van der Waals surface area contributed by atoms with Gasteiger partial charge in [0.05, 0.1) is 16.2 Å². The summed E-state index contributed by atoms with van der Waals surface area (Å²) < 4.78 is 115. The predicted molar refractivity (Wildman–Crippen MR) is 259 cm³/mol. The van der Waals surface area contributed by atoms with E-state index in [4.69, 9.17) is 4.74 Å². The van der Waals surface area contributed by atoms with Crippen LogP contribution < -0.4 is 35.2 Å². The van der Waals surface area contributed by atoms with Crippen LogP contribution in [0.3, 0.4) is 0 Å². The molecular weight excluding hydrogens is 949 g/mol. The van der Waals surface area contributed by atoms with Crippen LogP contribution in [0, 0.1) is 0 Å². The van der Waals surface area contributed by atoms with Gasteiger partial charge in [-0.05, 0) is 126 Å². The number of carboxylic acid groups (broad SMARTS) is 1. The standard InChI is InChI=1S/C49H52N2O13S3Si/c1-29-23-48(2,3)50(25-30-12-8-10-14-42(30)66(58,59)60)40-21-44-38(19-35(29)40)46(37-18-33(64-28-52)16-17-34(37)47(53)54)39-20-36-32(27-65(55,56)57)24-49(4,5)51(41(36)22-45(39)68(44,6)7)26-31-13-9-11-15-43(31)67(61,62)63/h8-22,28-29,32H,23-27H2,1-7H3,(H3-,53,54,55,56,57,58,59,60,61,62,63)/p+1. The van der Waals surface area contributed by atoms with E-state index in [0.717, 1.165) is 21.6 Å². The van der Waals surface area contributed by atoms with Gasteiger partial charge in [-0.1, -0.05) is 56.4 Å². The summed E-state index contributed by atoms with van der Waals surface area (Å²) in [5.41, 5.74) is 2.75. The van der Waals surface area contributed by atoms with Crippen molar-refractivity contribution in [1.29, 1.82) is 0 Å². The smallest absolute Gasteiger partial charge is 0.336 e. The Kier molecular flexibility index (Phi) is 12.1. The second-order valence-corrected chi connectivity index (χ2v) is 28.5. The lowest BCUT2D eigenvalue weighted by Gasteiger charge is -2.49. The number of carbonyl (C=O) groups excluding carboxylic acids is 1. The second-order valence-electron chi connectivity index (χ2n) is 19.9. The summed E-state index contributed by atoms with van der Waals surface area (Å²) in [6, 6.07) is 24.5. The number of anilines is 1. The molecule has 3 aliphatic heterocycles. The molecule has 3 aliphatic rings. The zero-order valence-corrected chi connectivity index (χ0v) is 42.0. The number of nitrogens with zero attached hydrogens (tertiary/aromatic N) is 2. The molecule has 3 heterocycles. The number of aromatic carboxylic acids is 1. The number of rotatable bonds is 12. The maximum atomic E-state index is 13.2. The van der Waals surface area contributed by atoms with E-state index in [2.05, 4.69) is 50.9 Å². The Labute approximate surface area is 396 Å². The van der Waals surface area contributed by atoms with Gasteiger partial charge in [0.15, 0.2) is 12.1 Å². The van der Waals surface area contributed by atoms with Gasteiger partial charge in [-0.15, -0.1) is 0 Å². The van der Waals surface area contributed by atoms with E-state index in [1.54, 1.807) is 30.3 Å². The van der Waals surface area contributed by atoms with Gasteiger partial charge in [-0.25, -0.2) is 9.37 Å². The van der Waals surface area contributed by atoms with E-state index >= 15 is 0 Å². The summed E-state index contributed by atoms with van der Waals surface area (Å²) in [5.74, 6) is -2.71. The van der Waals surface area contributed by atoms with E-state index in [-0.39, 0.29) is 64.1 Å². The second kappa shape index (κ2) is 16.9. The molecule has 68 heavy (non-hydrogen) atoms. The van der Waals surface area contributed by atoms with Crippen molar-refractivity contribution in [2.75, 3.05) is 10.7 Å². The molecule has 0 radical (unpaired) electrons. The maximum Gasteiger partial charge on any atom is 0.336 e. The fraction of sp³-hybridized carbons (Fsp3) is 0.327. The summed E-state index contributed by atoms with van der Waals surface area (Å²) in [4.78, 5) is 26.6. The fourth-order valence-corrected chi connectivity index (χ4v) is 16.3. The third kappa shape index (κ3) is 8.84. The minimum absolute atomic E-state index is 0.0306. The summed E-state index contributed by atoms with van der Waals surface area (Å²) in [5, 5.41) is 13.6. The lowest BCUT2D eigenvalue weighted by Crippen LogP contribution is -2.65. The number of carbonyl (C=O) groups is 2. The summed E-state index contributed by atoms with van der Waals surface area (Å²) in [7, 11) is -16.9. The first-order valence-electron chi connectivity index (χ1n) is 21.9. The van der Waals surface area contributed by atoms with E-state index < -0.39 is 67.1 Å². The molecule has 0 aromatic heterocycles. The largest absolute Gasteiger partial charge is 0.478 e. The zero-order valence-electron chi connectivity index (χ0n) is 38.5. The average molecular weight is 1000 g/mol. The first-order valence-corrected chi connectivity index (χ1v) is 29.4. The normalized spacial score (nSPS) is 19.3. The molecular formula is C49H53N2O13S3Si+. The molecule has 5 aromatic rings. The number of hydrogen-bond donors (Lipinski definition) is 4. The topological polar surface area (TPSA) is 233 Å². The predicted octanol–water partition coefficient (Wildman–Crippen LogP) is 4.93. The highest BCUT2D eigenvalue weighted by atomic mass is 32.2. The minimum atomic E-state index is -4.67. The lowest BCUT2D eigenvalue weighted by atomic mass is 9.78. The van der Waals surface area contributed by atoms with Crippen LogP contribution in [-0.2, 0) is 48.2 Å². The molecule has 2 unspecified atom stereocenters. The van der Waals surface area contributed by atoms with Crippen LogP contribution in [0.4, 0.5) is 5.69 Å². The highest BCUT2D eigenvalue weighted by Gasteiger charge is 2.46. The van der Waals surface area contributed by atoms with E-state index in [1.807, 2.05) is 30.6 Å². The van der Waals surface area contributed by atoms with Crippen molar-refractivity contribution >= 4 is 72.5 Å². The van der Waals surface area contributed by atoms with Crippen LogP contribution in [0.25, 0.3) is 5.57 Å². The zero-order chi connectivity index (χ0) is 49.7. The van der Waals surface area contributed by atoms with Crippen LogP contribution in [0.1, 0.15) is 103 Å². The molecule has 0 spiro atoms. The molecule has 0 fully saturated rings. The molecule has 2 atom stereocenters. The van der Waals surface area contributed by atoms with E-state index in [9.17, 15) is 53.6 Å². The molecule has 4 N–H and O–H groups in total. The van der Waals surface area contributed by atoms with Gasteiger partial charge < -0.3 is 14.7 Å². The van der Waals surface area contributed by atoms with Crippen molar-refractivity contribution in [3.8, 4) is 5.75 Å². The van der Waals surface area contributed by atoms with Gasteiger partial charge in [0, 0.05) is 52.9 Å². The van der Waals surface area contributed by atoms with Gasteiger partial charge in [0.25, 0.3) is 36.8 Å². The number of hydrogen-bond acceptors (Lipinski definition) is 10. The number of carboxylic acids is 1. The SMILES string of the molecule is CC1CC(C)(C)N(Cc2ccccc2S(=O)(=O)O)c2cc3c(cc21)C(c1cc(OC=O)ccc1C(=O)O)=c1cc2c(cc1[Si]3(C)C)=[N+](Cc1ccccc1S(=O)(=O)O)C(C)(C)CC2CS(=O)(=O)O. The number of benzene rings is 5. The fourth-order valence-electron chi connectivity index (χ4n) is 11.0. The molecule has 19 heteroatoms. The molecule has 8 rings (SSSR count). The Morgan fingerprint density at radius 2 is 1.41 bits per heavy atom. The third-order valence-electron chi connectivity index (χ3n) is 14.0. The Balaban J connectivity index is 1.53. The van der Waals surface area contributed by atoms with Crippen LogP contribution in [0.2, 0.25) is 13.1 Å². The quantitative estimate of drug-likeness (QED) is 0.0562. The van der Waals surface area contributed by atoms with Crippen molar-refractivity contribution < 1.29 is 58.3 Å². The summed E-state index contributed by atoms with van der Waals surface area (Å²) in [6.07, 6.45) is 0.805. The van der Waals surface area contributed by atoms with Crippen molar-refractivity contribution in [1.82, 2.24) is 4.58 Å². The lowest BCUT2D eigenvalue weighted by molar-refractivity contribution is -0.120. The van der Waals surface area contributed by atoms with Gasteiger partial charge in [0.2, 0.25) is 5.36 Å². The Bertz CT molecular complexity index is 3460. The van der Waals surface area contributed by atoms with Crippen molar-refractivity contribution in [3.63, 3.8) is 0 Å². The monoisotopic (exact) mass is 1000 g/mol.